The Morgan fingerprint density at radius 2 is 1.71 bits per heavy atom. The minimum atomic E-state index is -0.544. The summed E-state index contributed by atoms with van der Waals surface area (Å²) in [5.74, 6) is -0.444. The SMILES string of the molecule is CCCC[C@H](N)C(=O)NC(C)C(=O)NC(C)C. The van der Waals surface area contributed by atoms with Crippen LogP contribution in [-0.2, 0) is 9.59 Å². The van der Waals surface area contributed by atoms with Crippen LogP contribution in [0.3, 0.4) is 0 Å². The number of rotatable bonds is 7. The van der Waals surface area contributed by atoms with E-state index >= 15 is 0 Å². The Kier molecular flexibility index (Phi) is 7.54. The highest BCUT2D eigenvalue weighted by molar-refractivity contribution is 5.89. The summed E-state index contributed by atoms with van der Waals surface area (Å²) >= 11 is 0. The smallest absolute Gasteiger partial charge is 0.242 e. The van der Waals surface area contributed by atoms with E-state index in [0.717, 1.165) is 12.8 Å². The van der Waals surface area contributed by atoms with Crippen molar-refractivity contribution in [2.24, 2.45) is 5.73 Å². The van der Waals surface area contributed by atoms with Crippen molar-refractivity contribution in [2.75, 3.05) is 0 Å². The molecule has 0 aromatic carbocycles. The molecule has 0 aliphatic rings. The molecule has 1 unspecified atom stereocenters. The van der Waals surface area contributed by atoms with Crippen LogP contribution in [0.4, 0.5) is 0 Å². The molecule has 4 N–H and O–H groups in total. The first-order chi connectivity index (χ1) is 7.88. The molecule has 0 heterocycles. The van der Waals surface area contributed by atoms with E-state index in [9.17, 15) is 9.59 Å². The summed E-state index contributed by atoms with van der Waals surface area (Å²) < 4.78 is 0. The van der Waals surface area contributed by atoms with Gasteiger partial charge in [0.15, 0.2) is 0 Å². The van der Waals surface area contributed by atoms with Gasteiger partial charge in [0.05, 0.1) is 6.04 Å². The maximum Gasteiger partial charge on any atom is 0.242 e. The lowest BCUT2D eigenvalue weighted by Crippen LogP contribution is -2.51. The van der Waals surface area contributed by atoms with E-state index in [1.54, 1.807) is 6.92 Å². The topological polar surface area (TPSA) is 84.2 Å². The number of nitrogens with two attached hydrogens (primary N) is 1. The molecule has 0 aliphatic heterocycles. The molecule has 5 heteroatoms. The van der Waals surface area contributed by atoms with Crippen LogP contribution in [0.1, 0.15) is 47.0 Å². The Bertz CT molecular complexity index is 254. The molecular formula is C12H25N3O2. The second-order valence-corrected chi connectivity index (χ2v) is 4.64. The summed E-state index contributed by atoms with van der Waals surface area (Å²) in [6.07, 6.45) is 2.58. The Balaban J connectivity index is 4.05. The minimum Gasteiger partial charge on any atom is -0.352 e. The number of carbonyl (C=O) groups is 2. The van der Waals surface area contributed by atoms with Gasteiger partial charge in [0.25, 0.3) is 0 Å². The second-order valence-electron chi connectivity index (χ2n) is 4.64. The predicted octanol–water partition coefficient (Wildman–Crippen LogP) is 0.533. The molecule has 0 bridgehead atoms. The average molecular weight is 243 g/mol. The van der Waals surface area contributed by atoms with E-state index in [2.05, 4.69) is 10.6 Å². The molecule has 100 valence electrons. The lowest BCUT2D eigenvalue weighted by Gasteiger charge is -2.18. The van der Waals surface area contributed by atoms with Gasteiger partial charge in [-0.1, -0.05) is 19.8 Å². The monoisotopic (exact) mass is 243 g/mol. The second kappa shape index (κ2) is 8.06. The van der Waals surface area contributed by atoms with E-state index in [1.807, 2.05) is 20.8 Å². The van der Waals surface area contributed by atoms with Gasteiger partial charge in [-0.2, -0.15) is 0 Å². The van der Waals surface area contributed by atoms with E-state index in [1.165, 1.54) is 0 Å². The number of nitrogens with one attached hydrogen (secondary N) is 2. The molecule has 5 nitrogen and oxygen atoms in total. The molecule has 0 aromatic rings. The highest BCUT2D eigenvalue weighted by atomic mass is 16.2. The highest BCUT2D eigenvalue weighted by Gasteiger charge is 2.19. The maximum atomic E-state index is 11.6. The summed E-state index contributed by atoms with van der Waals surface area (Å²) in [5, 5.41) is 5.35. The largest absolute Gasteiger partial charge is 0.352 e. The molecule has 0 aromatic heterocycles. The van der Waals surface area contributed by atoms with Gasteiger partial charge < -0.3 is 16.4 Å². The van der Waals surface area contributed by atoms with Crippen molar-refractivity contribution in [3.8, 4) is 0 Å². The Labute approximate surface area is 104 Å². The Morgan fingerprint density at radius 1 is 1.12 bits per heavy atom. The molecule has 0 saturated heterocycles. The molecule has 0 aliphatic carbocycles. The van der Waals surface area contributed by atoms with Gasteiger partial charge in [-0.05, 0) is 27.2 Å². The number of amides is 2. The van der Waals surface area contributed by atoms with Crippen molar-refractivity contribution in [3.05, 3.63) is 0 Å². The maximum absolute atomic E-state index is 11.6. The standard InChI is InChI=1S/C12H25N3O2/c1-5-6-7-10(13)12(17)15-9(4)11(16)14-8(2)3/h8-10H,5-7,13H2,1-4H3,(H,14,16)(H,15,17)/t9?,10-/m0/s1. The third-order valence-corrected chi connectivity index (χ3v) is 2.39. The van der Waals surface area contributed by atoms with Crippen LogP contribution in [0.2, 0.25) is 0 Å². The van der Waals surface area contributed by atoms with Crippen LogP contribution in [0, 0.1) is 0 Å². The number of hydrogen-bond acceptors (Lipinski definition) is 3. The lowest BCUT2D eigenvalue weighted by atomic mass is 10.1. The van der Waals surface area contributed by atoms with Crippen LogP contribution in [0.5, 0.6) is 0 Å². The van der Waals surface area contributed by atoms with Gasteiger partial charge in [-0.3, -0.25) is 9.59 Å². The summed E-state index contributed by atoms with van der Waals surface area (Å²) in [4.78, 5) is 23.2. The van der Waals surface area contributed by atoms with Crippen molar-refractivity contribution < 1.29 is 9.59 Å². The van der Waals surface area contributed by atoms with Crippen LogP contribution in [-0.4, -0.2) is 29.9 Å². The third kappa shape index (κ3) is 6.94. The fraction of sp³-hybridized carbons (Fsp3) is 0.833. The zero-order valence-electron chi connectivity index (χ0n) is 11.2. The van der Waals surface area contributed by atoms with Crippen LogP contribution >= 0.6 is 0 Å². The zero-order valence-corrected chi connectivity index (χ0v) is 11.2. The molecule has 2 amide bonds. The minimum absolute atomic E-state index is 0.0654. The van der Waals surface area contributed by atoms with E-state index in [0.29, 0.717) is 6.42 Å². The average Bonchev–Trinajstić information content (AvgIpc) is 2.24. The van der Waals surface area contributed by atoms with Gasteiger partial charge in [0.1, 0.15) is 6.04 Å². The highest BCUT2D eigenvalue weighted by Crippen LogP contribution is 1.98. The first-order valence-corrected chi connectivity index (χ1v) is 6.24. The first-order valence-electron chi connectivity index (χ1n) is 6.24. The summed E-state index contributed by atoms with van der Waals surface area (Å²) in [5.41, 5.74) is 5.71. The fourth-order valence-corrected chi connectivity index (χ4v) is 1.35. The normalized spacial score (nSPS) is 14.2. The Hall–Kier alpha value is -1.10. The first kappa shape index (κ1) is 15.9. The quantitative estimate of drug-likeness (QED) is 0.610. The molecule has 2 atom stereocenters. The summed E-state index contributed by atoms with van der Waals surface area (Å²) in [6, 6.07) is -1.00. The van der Waals surface area contributed by atoms with Crippen molar-refractivity contribution in [1.29, 1.82) is 0 Å². The van der Waals surface area contributed by atoms with Crippen molar-refractivity contribution in [3.63, 3.8) is 0 Å². The van der Waals surface area contributed by atoms with Crippen LogP contribution in [0.15, 0.2) is 0 Å². The fourth-order valence-electron chi connectivity index (χ4n) is 1.35. The third-order valence-electron chi connectivity index (χ3n) is 2.39. The van der Waals surface area contributed by atoms with Crippen molar-refractivity contribution in [2.45, 2.75) is 65.1 Å². The van der Waals surface area contributed by atoms with Crippen molar-refractivity contribution in [1.82, 2.24) is 10.6 Å². The molecule has 17 heavy (non-hydrogen) atoms. The number of carbonyl (C=O) groups excluding carboxylic acids is 2. The molecule has 0 rings (SSSR count). The van der Waals surface area contributed by atoms with Crippen LogP contribution in [0.25, 0.3) is 0 Å². The molecule has 0 fully saturated rings. The summed E-state index contributed by atoms with van der Waals surface area (Å²) in [7, 11) is 0. The Morgan fingerprint density at radius 3 is 2.18 bits per heavy atom. The van der Waals surface area contributed by atoms with Gasteiger partial charge >= 0.3 is 0 Å². The van der Waals surface area contributed by atoms with E-state index < -0.39 is 12.1 Å². The van der Waals surface area contributed by atoms with Gasteiger partial charge in [0.2, 0.25) is 11.8 Å². The van der Waals surface area contributed by atoms with Gasteiger partial charge in [0, 0.05) is 6.04 Å². The summed E-state index contributed by atoms with van der Waals surface area (Å²) in [6.45, 7) is 7.45. The van der Waals surface area contributed by atoms with Gasteiger partial charge in [-0.25, -0.2) is 0 Å². The number of unbranched alkanes of at least 4 members (excludes halogenated alkanes) is 1. The van der Waals surface area contributed by atoms with Gasteiger partial charge in [-0.15, -0.1) is 0 Å². The van der Waals surface area contributed by atoms with Crippen LogP contribution < -0.4 is 16.4 Å². The molecule has 0 saturated carbocycles. The molecule has 0 radical (unpaired) electrons. The predicted molar refractivity (Wildman–Crippen MR) is 68.4 cm³/mol. The lowest BCUT2D eigenvalue weighted by molar-refractivity contribution is -0.129. The van der Waals surface area contributed by atoms with Crippen molar-refractivity contribution >= 4 is 11.8 Å². The van der Waals surface area contributed by atoms with E-state index in [-0.39, 0.29) is 17.9 Å². The van der Waals surface area contributed by atoms with E-state index in [4.69, 9.17) is 5.73 Å². The molecular weight excluding hydrogens is 218 g/mol. The zero-order chi connectivity index (χ0) is 13.4. The number of hydrogen-bond donors (Lipinski definition) is 3. The molecule has 0 spiro atoms.